The third-order valence-electron chi connectivity index (χ3n) is 4.20. The van der Waals surface area contributed by atoms with Crippen LogP contribution < -0.4 is 9.47 Å². The van der Waals surface area contributed by atoms with Crippen LogP contribution in [0.25, 0.3) is 0 Å². The Bertz CT molecular complexity index is 699. The second kappa shape index (κ2) is 7.69. The zero-order chi connectivity index (χ0) is 16.8. The first kappa shape index (κ1) is 16.9. The highest BCUT2D eigenvalue weighted by Crippen LogP contribution is 2.27. The molecule has 3 nitrogen and oxygen atoms in total. The number of nitriles is 1. The summed E-state index contributed by atoms with van der Waals surface area (Å²) >= 11 is 0. The Kier molecular flexibility index (Phi) is 5.65. The van der Waals surface area contributed by atoms with E-state index in [0.29, 0.717) is 13.0 Å². The van der Waals surface area contributed by atoms with Crippen LogP contribution in [0.3, 0.4) is 0 Å². The molecule has 2 rings (SSSR count). The van der Waals surface area contributed by atoms with Crippen molar-refractivity contribution in [2.75, 3.05) is 13.7 Å². The molecule has 0 heterocycles. The van der Waals surface area contributed by atoms with Crippen molar-refractivity contribution >= 4 is 0 Å². The molecule has 0 radical (unpaired) electrons. The normalized spacial score (nSPS) is 11.6. The molecule has 0 aromatic heterocycles. The lowest BCUT2D eigenvalue weighted by Gasteiger charge is -2.15. The van der Waals surface area contributed by atoms with E-state index in [1.807, 2.05) is 31.2 Å². The van der Waals surface area contributed by atoms with Crippen LogP contribution >= 0.6 is 0 Å². The Morgan fingerprint density at radius 2 is 1.65 bits per heavy atom. The maximum absolute atomic E-state index is 9.42. The number of ether oxygens (including phenoxy) is 2. The molecule has 2 aromatic rings. The van der Waals surface area contributed by atoms with E-state index in [2.05, 4.69) is 32.0 Å². The van der Waals surface area contributed by atoms with Gasteiger partial charge in [-0.3, -0.25) is 0 Å². The Labute approximate surface area is 138 Å². The minimum Gasteiger partial charge on any atom is -0.497 e. The summed E-state index contributed by atoms with van der Waals surface area (Å²) in [6.07, 6.45) is 0.662. The number of aryl methyl sites for hydroxylation is 2. The Morgan fingerprint density at radius 1 is 1.00 bits per heavy atom. The highest BCUT2D eigenvalue weighted by atomic mass is 16.5. The number of hydrogen-bond donors (Lipinski definition) is 0. The summed E-state index contributed by atoms with van der Waals surface area (Å²) in [5.74, 6) is 1.57. The first-order valence-electron chi connectivity index (χ1n) is 7.80. The molecule has 3 heteroatoms. The van der Waals surface area contributed by atoms with E-state index in [1.165, 1.54) is 11.1 Å². The largest absolute Gasteiger partial charge is 0.497 e. The van der Waals surface area contributed by atoms with E-state index in [1.54, 1.807) is 7.11 Å². The summed E-state index contributed by atoms with van der Waals surface area (Å²) in [4.78, 5) is 0. The SMILES string of the molecule is COc1ccc(C(C#N)CCOc2c(C)ccc(C)c2C)cc1. The predicted molar refractivity (Wildman–Crippen MR) is 92.1 cm³/mol. The molecule has 1 unspecified atom stereocenters. The van der Waals surface area contributed by atoms with Crippen molar-refractivity contribution in [3.05, 3.63) is 58.7 Å². The average Bonchev–Trinajstić information content (AvgIpc) is 2.58. The maximum atomic E-state index is 9.42. The van der Waals surface area contributed by atoms with Crippen LogP contribution in [0, 0.1) is 32.1 Å². The third kappa shape index (κ3) is 4.04. The fraction of sp³-hybridized carbons (Fsp3) is 0.350. The van der Waals surface area contributed by atoms with Crippen molar-refractivity contribution in [1.82, 2.24) is 0 Å². The van der Waals surface area contributed by atoms with Gasteiger partial charge in [-0.15, -0.1) is 0 Å². The average molecular weight is 309 g/mol. The minimum atomic E-state index is -0.175. The standard InChI is InChI=1S/C20H23NO2/c1-14-5-6-15(2)20(16(14)3)23-12-11-18(13-21)17-7-9-19(22-4)10-8-17/h5-10,18H,11-12H2,1-4H3. The predicted octanol–water partition coefficient (Wildman–Crippen LogP) is 4.70. The molecule has 0 amide bonds. The van der Waals surface area contributed by atoms with E-state index in [9.17, 15) is 5.26 Å². The zero-order valence-electron chi connectivity index (χ0n) is 14.2. The quantitative estimate of drug-likeness (QED) is 0.777. The molecule has 0 saturated carbocycles. The van der Waals surface area contributed by atoms with Gasteiger partial charge in [-0.1, -0.05) is 24.3 Å². The first-order valence-corrected chi connectivity index (χ1v) is 7.80. The molecular formula is C20H23NO2. The topological polar surface area (TPSA) is 42.2 Å². The van der Waals surface area contributed by atoms with Crippen molar-refractivity contribution in [3.63, 3.8) is 0 Å². The van der Waals surface area contributed by atoms with Gasteiger partial charge in [-0.2, -0.15) is 5.26 Å². The van der Waals surface area contributed by atoms with E-state index >= 15 is 0 Å². The lowest BCUT2D eigenvalue weighted by atomic mass is 9.97. The number of rotatable bonds is 6. The number of benzene rings is 2. The summed E-state index contributed by atoms with van der Waals surface area (Å²) < 4.78 is 11.1. The van der Waals surface area contributed by atoms with E-state index in [-0.39, 0.29) is 5.92 Å². The summed E-state index contributed by atoms with van der Waals surface area (Å²) in [5, 5.41) is 9.42. The van der Waals surface area contributed by atoms with Crippen molar-refractivity contribution in [2.24, 2.45) is 0 Å². The first-order chi connectivity index (χ1) is 11.1. The number of nitrogens with zero attached hydrogens (tertiary/aromatic N) is 1. The van der Waals surface area contributed by atoms with Gasteiger partial charge in [0.15, 0.2) is 0 Å². The van der Waals surface area contributed by atoms with Gasteiger partial charge in [0.25, 0.3) is 0 Å². The van der Waals surface area contributed by atoms with Gasteiger partial charge in [0, 0.05) is 6.42 Å². The van der Waals surface area contributed by atoms with E-state index in [4.69, 9.17) is 9.47 Å². The lowest BCUT2D eigenvalue weighted by Crippen LogP contribution is -2.06. The molecule has 0 aliphatic rings. The summed E-state index contributed by atoms with van der Waals surface area (Å²) in [6, 6.07) is 14.2. The zero-order valence-corrected chi connectivity index (χ0v) is 14.2. The van der Waals surface area contributed by atoms with Crippen LogP contribution in [0.1, 0.15) is 34.6 Å². The summed E-state index contributed by atoms with van der Waals surface area (Å²) in [5.41, 5.74) is 4.51. The second-order valence-electron chi connectivity index (χ2n) is 5.75. The lowest BCUT2D eigenvalue weighted by molar-refractivity contribution is 0.302. The van der Waals surface area contributed by atoms with Crippen LogP contribution in [0.15, 0.2) is 36.4 Å². The van der Waals surface area contributed by atoms with Crippen molar-refractivity contribution in [2.45, 2.75) is 33.1 Å². The monoisotopic (exact) mass is 309 g/mol. The Balaban J connectivity index is 2.01. The molecule has 2 aromatic carbocycles. The Hall–Kier alpha value is -2.47. The van der Waals surface area contributed by atoms with E-state index in [0.717, 1.165) is 22.6 Å². The summed E-state index contributed by atoms with van der Waals surface area (Å²) in [7, 11) is 1.64. The smallest absolute Gasteiger partial charge is 0.125 e. The van der Waals surface area contributed by atoms with Crippen molar-refractivity contribution in [1.29, 1.82) is 5.26 Å². The van der Waals surface area contributed by atoms with Gasteiger partial charge in [0.2, 0.25) is 0 Å². The minimum absolute atomic E-state index is 0.175. The van der Waals surface area contributed by atoms with E-state index < -0.39 is 0 Å². The number of hydrogen-bond acceptors (Lipinski definition) is 3. The maximum Gasteiger partial charge on any atom is 0.125 e. The van der Waals surface area contributed by atoms with Gasteiger partial charge in [-0.05, 0) is 55.2 Å². The van der Waals surface area contributed by atoms with Gasteiger partial charge in [-0.25, -0.2) is 0 Å². The molecule has 0 bridgehead atoms. The highest BCUT2D eigenvalue weighted by molar-refractivity contribution is 5.44. The van der Waals surface area contributed by atoms with Crippen molar-refractivity contribution in [3.8, 4) is 17.6 Å². The molecule has 1 atom stereocenters. The molecule has 0 N–H and O–H groups in total. The van der Waals surface area contributed by atoms with Gasteiger partial charge in [0.05, 0.1) is 25.7 Å². The second-order valence-corrected chi connectivity index (χ2v) is 5.75. The molecule has 0 fully saturated rings. The van der Waals surface area contributed by atoms with Gasteiger partial charge < -0.3 is 9.47 Å². The van der Waals surface area contributed by atoms with Gasteiger partial charge in [0.1, 0.15) is 11.5 Å². The Morgan fingerprint density at radius 3 is 2.26 bits per heavy atom. The molecule has 23 heavy (non-hydrogen) atoms. The highest BCUT2D eigenvalue weighted by Gasteiger charge is 2.12. The van der Waals surface area contributed by atoms with Crippen LogP contribution in [-0.2, 0) is 0 Å². The molecule has 0 aliphatic carbocycles. The van der Waals surface area contributed by atoms with Crippen molar-refractivity contribution < 1.29 is 9.47 Å². The van der Waals surface area contributed by atoms with Crippen LogP contribution in [-0.4, -0.2) is 13.7 Å². The van der Waals surface area contributed by atoms with Crippen LogP contribution in [0.5, 0.6) is 11.5 Å². The molecule has 0 aliphatic heterocycles. The molecular weight excluding hydrogens is 286 g/mol. The van der Waals surface area contributed by atoms with Crippen LogP contribution in [0.2, 0.25) is 0 Å². The third-order valence-corrected chi connectivity index (χ3v) is 4.20. The number of methoxy groups -OCH3 is 1. The van der Waals surface area contributed by atoms with Gasteiger partial charge >= 0.3 is 0 Å². The molecule has 0 spiro atoms. The summed E-state index contributed by atoms with van der Waals surface area (Å²) in [6.45, 7) is 6.72. The van der Waals surface area contributed by atoms with Crippen LogP contribution in [0.4, 0.5) is 0 Å². The fourth-order valence-corrected chi connectivity index (χ4v) is 2.57. The molecule has 0 saturated heterocycles. The molecule has 120 valence electrons. The fourth-order valence-electron chi connectivity index (χ4n) is 2.57.